The lowest BCUT2D eigenvalue weighted by molar-refractivity contribution is -0.120. The molecule has 1 saturated carbocycles. The first-order valence-electron chi connectivity index (χ1n) is 7.52. The van der Waals surface area contributed by atoms with Gasteiger partial charge in [0.1, 0.15) is 5.82 Å². The molecule has 0 aliphatic heterocycles. The number of rotatable bonds is 5. The lowest BCUT2D eigenvalue weighted by Gasteiger charge is -2.04. The molecule has 116 valence electrons. The van der Waals surface area contributed by atoms with Crippen molar-refractivity contribution < 1.29 is 9.18 Å². The van der Waals surface area contributed by atoms with Crippen molar-refractivity contribution in [1.29, 1.82) is 0 Å². The number of halogens is 1. The van der Waals surface area contributed by atoms with E-state index in [1.165, 1.54) is 12.1 Å². The summed E-state index contributed by atoms with van der Waals surface area (Å²) in [5.74, 6) is 0.490. The number of nitrogens with zero attached hydrogens (tertiary/aromatic N) is 1. The Balaban J connectivity index is 1.51. The van der Waals surface area contributed by atoms with Gasteiger partial charge in [0.15, 0.2) is 0 Å². The molecule has 0 unspecified atom stereocenters. The Hall–Kier alpha value is -1.75. The van der Waals surface area contributed by atoms with Gasteiger partial charge in [0.2, 0.25) is 5.91 Å². The fourth-order valence-corrected chi connectivity index (χ4v) is 3.36. The van der Waals surface area contributed by atoms with Gasteiger partial charge >= 0.3 is 0 Å². The van der Waals surface area contributed by atoms with E-state index in [1.807, 2.05) is 5.38 Å². The number of thiazole rings is 1. The van der Waals surface area contributed by atoms with Crippen molar-refractivity contribution in [3.8, 4) is 0 Å². The molecular formula is C17H19FN2OS. The number of hydrogen-bond donors (Lipinski definition) is 1. The molecule has 1 N–H and O–H groups in total. The smallest absolute Gasteiger partial charge is 0.226 e. The van der Waals surface area contributed by atoms with E-state index < -0.39 is 0 Å². The summed E-state index contributed by atoms with van der Waals surface area (Å²) < 4.78 is 12.9. The summed E-state index contributed by atoms with van der Waals surface area (Å²) in [5, 5.41) is 6.06. The van der Waals surface area contributed by atoms with E-state index >= 15 is 0 Å². The molecule has 0 spiro atoms. The van der Waals surface area contributed by atoms with Crippen molar-refractivity contribution in [3.63, 3.8) is 0 Å². The minimum atomic E-state index is -0.227. The Morgan fingerprint density at radius 1 is 1.41 bits per heavy atom. The van der Waals surface area contributed by atoms with Crippen molar-refractivity contribution in [2.45, 2.75) is 44.6 Å². The molecule has 0 saturated heterocycles. The summed E-state index contributed by atoms with van der Waals surface area (Å²) >= 11 is 1.61. The van der Waals surface area contributed by atoms with Crippen molar-refractivity contribution in [2.24, 2.45) is 0 Å². The Kier molecular flexibility index (Phi) is 4.25. The third kappa shape index (κ3) is 3.53. The first-order chi connectivity index (χ1) is 10.5. The number of nitrogens with one attached hydrogen (secondary N) is 1. The van der Waals surface area contributed by atoms with E-state index in [0.29, 0.717) is 18.3 Å². The average molecular weight is 318 g/mol. The quantitative estimate of drug-likeness (QED) is 0.915. The van der Waals surface area contributed by atoms with Gasteiger partial charge in [-0.1, -0.05) is 26.0 Å². The van der Waals surface area contributed by atoms with Crippen LogP contribution in [0.4, 0.5) is 4.39 Å². The number of amides is 1. The standard InChI is InChI=1S/C17H19FN2OS/c1-10(2)17-19-13(9-22-17)7-16(21)20-15-8-14(15)11-3-5-12(18)6-4-11/h3-6,9-10,14-15H,7-8H2,1-2H3,(H,20,21)/t14-,15+/m0/s1. The first-order valence-corrected chi connectivity index (χ1v) is 8.40. The summed E-state index contributed by atoms with van der Waals surface area (Å²) in [6.45, 7) is 4.19. The number of carbonyl (C=O) groups excluding carboxylic acids is 1. The van der Waals surface area contributed by atoms with E-state index in [9.17, 15) is 9.18 Å². The Bertz CT molecular complexity index is 666. The second kappa shape index (κ2) is 6.16. The maximum atomic E-state index is 12.9. The maximum absolute atomic E-state index is 12.9. The third-order valence-corrected chi connectivity index (χ3v) is 5.03. The molecule has 1 aliphatic carbocycles. The van der Waals surface area contributed by atoms with Crippen LogP contribution < -0.4 is 5.32 Å². The van der Waals surface area contributed by atoms with Crippen molar-refractivity contribution >= 4 is 17.2 Å². The van der Waals surface area contributed by atoms with Crippen LogP contribution in [0, 0.1) is 5.82 Å². The van der Waals surface area contributed by atoms with Crippen LogP contribution in [-0.2, 0) is 11.2 Å². The first kappa shape index (κ1) is 15.2. The Labute approximate surface area is 133 Å². The van der Waals surface area contributed by atoms with E-state index in [-0.39, 0.29) is 17.8 Å². The SMILES string of the molecule is CC(C)c1nc(CC(=O)N[C@@H]2C[C@H]2c2ccc(F)cc2)cs1. The zero-order valence-corrected chi connectivity index (χ0v) is 13.5. The molecule has 1 aliphatic rings. The topological polar surface area (TPSA) is 42.0 Å². The highest BCUT2D eigenvalue weighted by Gasteiger charge is 2.39. The second-order valence-electron chi connectivity index (χ2n) is 6.08. The predicted molar refractivity (Wildman–Crippen MR) is 85.6 cm³/mol. The van der Waals surface area contributed by atoms with E-state index in [4.69, 9.17) is 0 Å². The summed E-state index contributed by atoms with van der Waals surface area (Å²) in [4.78, 5) is 16.5. The van der Waals surface area contributed by atoms with Gasteiger partial charge in [-0.05, 0) is 24.1 Å². The van der Waals surface area contributed by atoms with Crippen LogP contribution in [0.1, 0.15) is 48.4 Å². The molecule has 2 aromatic rings. The van der Waals surface area contributed by atoms with Crippen LogP contribution in [0.25, 0.3) is 0 Å². The van der Waals surface area contributed by atoms with Crippen molar-refractivity contribution in [2.75, 3.05) is 0 Å². The average Bonchev–Trinajstić information content (AvgIpc) is 3.06. The summed E-state index contributed by atoms with van der Waals surface area (Å²) in [6, 6.07) is 6.69. The number of benzene rings is 1. The lowest BCUT2D eigenvalue weighted by atomic mass is 10.1. The van der Waals surface area contributed by atoms with Gasteiger partial charge in [-0.2, -0.15) is 0 Å². The van der Waals surface area contributed by atoms with Crippen molar-refractivity contribution in [1.82, 2.24) is 10.3 Å². The van der Waals surface area contributed by atoms with Crippen LogP contribution in [0.2, 0.25) is 0 Å². The second-order valence-corrected chi connectivity index (χ2v) is 6.97. The predicted octanol–water partition coefficient (Wildman–Crippen LogP) is 3.62. The maximum Gasteiger partial charge on any atom is 0.226 e. The molecule has 0 radical (unpaired) electrons. The molecule has 2 atom stereocenters. The minimum Gasteiger partial charge on any atom is -0.352 e. The Morgan fingerprint density at radius 3 is 2.77 bits per heavy atom. The lowest BCUT2D eigenvalue weighted by Crippen LogP contribution is -2.28. The highest BCUT2D eigenvalue weighted by atomic mass is 32.1. The van der Waals surface area contributed by atoms with Crippen LogP contribution >= 0.6 is 11.3 Å². The monoisotopic (exact) mass is 318 g/mol. The van der Waals surface area contributed by atoms with Gasteiger partial charge in [-0.25, -0.2) is 9.37 Å². The molecular weight excluding hydrogens is 299 g/mol. The van der Waals surface area contributed by atoms with Crippen molar-refractivity contribution in [3.05, 3.63) is 51.7 Å². The highest BCUT2D eigenvalue weighted by molar-refractivity contribution is 7.09. The van der Waals surface area contributed by atoms with Gasteiger partial charge in [0.25, 0.3) is 0 Å². The van der Waals surface area contributed by atoms with Crippen LogP contribution in [0.5, 0.6) is 0 Å². The van der Waals surface area contributed by atoms with Gasteiger partial charge in [-0.15, -0.1) is 11.3 Å². The minimum absolute atomic E-state index is 0.00946. The number of carbonyl (C=O) groups is 1. The molecule has 1 aromatic heterocycles. The van der Waals surface area contributed by atoms with Crippen LogP contribution in [0.3, 0.4) is 0 Å². The van der Waals surface area contributed by atoms with E-state index in [2.05, 4.69) is 24.1 Å². The van der Waals surface area contributed by atoms with Gasteiger partial charge in [0, 0.05) is 23.3 Å². The molecule has 1 amide bonds. The van der Waals surface area contributed by atoms with Gasteiger partial charge in [0.05, 0.1) is 17.1 Å². The van der Waals surface area contributed by atoms with Gasteiger partial charge < -0.3 is 5.32 Å². The Morgan fingerprint density at radius 2 is 2.14 bits per heavy atom. The fourth-order valence-electron chi connectivity index (χ4n) is 2.52. The van der Waals surface area contributed by atoms with E-state index in [0.717, 1.165) is 22.7 Å². The summed E-state index contributed by atoms with van der Waals surface area (Å²) in [6.07, 6.45) is 1.25. The molecule has 1 fully saturated rings. The molecule has 22 heavy (non-hydrogen) atoms. The molecule has 5 heteroatoms. The molecule has 1 aromatic carbocycles. The molecule has 3 nitrogen and oxygen atoms in total. The normalized spacial score (nSPS) is 20.2. The highest BCUT2D eigenvalue weighted by Crippen LogP contribution is 2.40. The van der Waals surface area contributed by atoms with Crippen LogP contribution in [-0.4, -0.2) is 16.9 Å². The fraction of sp³-hybridized carbons (Fsp3) is 0.412. The summed E-state index contributed by atoms with van der Waals surface area (Å²) in [5.41, 5.74) is 1.92. The molecule has 3 rings (SSSR count). The molecule has 1 heterocycles. The van der Waals surface area contributed by atoms with E-state index in [1.54, 1.807) is 23.5 Å². The van der Waals surface area contributed by atoms with Crippen LogP contribution in [0.15, 0.2) is 29.6 Å². The number of aromatic nitrogens is 1. The zero-order valence-electron chi connectivity index (χ0n) is 12.7. The third-order valence-electron chi connectivity index (χ3n) is 3.84. The van der Waals surface area contributed by atoms with Gasteiger partial charge in [-0.3, -0.25) is 4.79 Å². The molecule has 0 bridgehead atoms. The number of hydrogen-bond acceptors (Lipinski definition) is 3. The summed E-state index contributed by atoms with van der Waals surface area (Å²) in [7, 11) is 0. The zero-order chi connectivity index (χ0) is 15.7. The largest absolute Gasteiger partial charge is 0.352 e.